The summed E-state index contributed by atoms with van der Waals surface area (Å²) in [6.45, 7) is 18.3. The molecule has 0 aromatic carbocycles. The van der Waals surface area contributed by atoms with Crippen molar-refractivity contribution in [3.63, 3.8) is 0 Å². The molecular weight excluding hydrogens is 314 g/mol. The number of hydrogen-bond donors (Lipinski definition) is 3. The molecule has 1 aliphatic rings. The Bertz CT molecular complexity index is 502. The smallest absolute Gasteiger partial charge is 0.246 e. The van der Waals surface area contributed by atoms with E-state index in [1.165, 1.54) is 6.92 Å². The van der Waals surface area contributed by atoms with Crippen molar-refractivity contribution in [3.05, 3.63) is 12.7 Å². The number of hydrogen-bond acceptors (Lipinski definition) is 3. The van der Waals surface area contributed by atoms with Crippen LogP contribution in [0.4, 0.5) is 0 Å². The molecule has 1 fully saturated rings. The Morgan fingerprint density at radius 2 is 1.72 bits per heavy atom. The van der Waals surface area contributed by atoms with E-state index in [0.717, 1.165) is 12.8 Å². The summed E-state index contributed by atoms with van der Waals surface area (Å²) < 4.78 is 0. The van der Waals surface area contributed by atoms with E-state index < -0.39 is 5.54 Å². The maximum Gasteiger partial charge on any atom is 0.246 e. The first kappa shape index (κ1) is 21.7. The van der Waals surface area contributed by atoms with E-state index in [1.54, 1.807) is 0 Å². The molecular formula is C20H37N3O2. The molecule has 0 aliphatic heterocycles. The van der Waals surface area contributed by atoms with Gasteiger partial charge in [0.15, 0.2) is 0 Å². The highest BCUT2D eigenvalue weighted by molar-refractivity contribution is 5.92. The summed E-state index contributed by atoms with van der Waals surface area (Å²) in [7, 11) is 0. The highest BCUT2D eigenvalue weighted by Gasteiger charge is 2.50. The molecule has 1 rings (SSSR count). The summed E-state index contributed by atoms with van der Waals surface area (Å²) in [4.78, 5) is 25.3. The normalized spacial score (nSPS) is 27.5. The fraction of sp³-hybridized carbons (Fsp3) is 0.800. The van der Waals surface area contributed by atoms with Gasteiger partial charge in [-0.25, -0.2) is 0 Å². The Kier molecular flexibility index (Phi) is 6.85. The van der Waals surface area contributed by atoms with Crippen LogP contribution in [0.2, 0.25) is 0 Å². The predicted molar refractivity (Wildman–Crippen MR) is 103 cm³/mol. The third-order valence-electron chi connectivity index (χ3n) is 4.67. The minimum atomic E-state index is -0.908. The van der Waals surface area contributed by atoms with Crippen LogP contribution in [0, 0.1) is 11.8 Å². The van der Waals surface area contributed by atoms with Crippen LogP contribution >= 0.6 is 0 Å². The van der Waals surface area contributed by atoms with Gasteiger partial charge in [-0.1, -0.05) is 6.08 Å². The average Bonchev–Trinajstić information content (AvgIpc) is 2.42. The van der Waals surface area contributed by atoms with Crippen LogP contribution in [0.3, 0.4) is 0 Å². The van der Waals surface area contributed by atoms with Crippen molar-refractivity contribution in [2.75, 3.05) is 6.54 Å². The van der Waals surface area contributed by atoms with E-state index in [0.29, 0.717) is 13.0 Å². The molecule has 3 atom stereocenters. The van der Waals surface area contributed by atoms with E-state index in [4.69, 9.17) is 0 Å². The van der Waals surface area contributed by atoms with Gasteiger partial charge in [0.05, 0.1) is 0 Å². The SMILES string of the molecule is C=C[C@@H]1CC[C@@H](CNC(C)(C)C)[C@@](NC(C)=O)(C(=O)NC(C)(C)C)C1. The summed E-state index contributed by atoms with van der Waals surface area (Å²) in [6, 6.07) is 0. The summed E-state index contributed by atoms with van der Waals surface area (Å²) in [5, 5.41) is 9.63. The van der Waals surface area contributed by atoms with Crippen molar-refractivity contribution >= 4 is 11.8 Å². The second-order valence-corrected chi connectivity index (χ2v) is 9.46. The van der Waals surface area contributed by atoms with Crippen LogP contribution in [0.15, 0.2) is 12.7 Å². The standard InChI is InChI=1S/C20H37N3O2/c1-9-15-10-11-16(13-21-18(3,4)5)20(12-15,22-14(2)24)17(25)23-19(6,7)8/h9,15-16,21H,1,10-13H2,2-8H3,(H,22,24)(H,23,25)/t15-,16+,20-/m1/s1. The van der Waals surface area contributed by atoms with Crippen LogP contribution in [-0.2, 0) is 9.59 Å². The zero-order valence-electron chi connectivity index (χ0n) is 17.1. The van der Waals surface area contributed by atoms with Gasteiger partial charge >= 0.3 is 0 Å². The summed E-state index contributed by atoms with van der Waals surface area (Å²) in [6.07, 6.45) is 4.37. The first-order chi connectivity index (χ1) is 11.3. The lowest BCUT2D eigenvalue weighted by molar-refractivity contribution is -0.139. The predicted octanol–water partition coefficient (Wildman–Crippen LogP) is 2.77. The zero-order chi connectivity index (χ0) is 19.5. The highest BCUT2D eigenvalue weighted by Crippen LogP contribution is 2.38. The Morgan fingerprint density at radius 3 is 2.16 bits per heavy atom. The Hall–Kier alpha value is -1.36. The van der Waals surface area contributed by atoms with Gasteiger partial charge < -0.3 is 16.0 Å². The van der Waals surface area contributed by atoms with Gasteiger partial charge in [0.25, 0.3) is 0 Å². The van der Waals surface area contributed by atoms with Crippen LogP contribution in [0.5, 0.6) is 0 Å². The van der Waals surface area contributed by atoms with Gasteiger partial charge in [-0.15, -0.1) is 6.58 Å². The number of rotatable bonds is 5. The second kappa shape index (κ2) is 7.90. The lowest BCUT2D eigenvalue weighted by atomic mass is 9.67. The minimum absolute atomic E-state index is 0.0363. The van der Waals surface area contributed by atoms with Crippen molar-refractivity contribution in [1.82, 2.24) is 16.0 Å². The van der Waals surface area contributed by atoms with Crippen molar-refractivity contribution in [3.8, 4) is 0 Å². The molecule has 0 aromatic heterocycles. The number of carbonyl (C=O) groups is 2. The Morgan fingerprint density at radius 1 is 1.12 bits per heavy atom. The minimum Gasteiger partial charge on any atom is -0.349 e. The van der Waals surface area contributed by atoms with Gasteiger partial charge in [0.1, 0.15) is 5.54 Å². The van der Waals surface area contributed by atoms with E-state index >= 15 is 0 Å². The molecule has 0 saturated heterocycles. The molecule has 5 nitrogen and oxygen atoms in total. The molecule has 0 bridgehead atoms. The van der Waals surface area contributed by atoms with Gasteiger partial charge in [-0.3, -0.25) is 9.59 Å². The molecule has 3 N–H and O–H groups in total. The molecule has 0 aromatic rings. The fourth-order valence-corrected chi connectivity index (χ4v) is 3.51. The van der Waals surface area contributed by atoms with E-state index in [-0.39, 0.29) is 34.7 Å². The molecule has 5 heteroatoms. The average molecular weight is 352 g/mol. The highest BCUT2D eigenvalue weighted by atomic mass is 16.2. The topological polar surface area (TPSA) is 70.2 Å². The van der Waals surface area contributed by atoms with Crippen LogP contribution < -0.4 is 16.0 Å². The summed E-state index contributed by atoms with van der Waals surface area (Å²) in [5.74, 6) is -0.00498. The number of allylic oxidation sites excluding steroid dienone is 1. The van der Waals surface area contributed by atoms with Gasteiger partial charge in [-0.2, -0.15) is 0 Å². The lowest BCUT2D eigenvalue weighted by Gasteiger charge is -2.47. The van der Waals surface area contributed by atoms with E-state index in [2.05, 4.69) is 43.3 Å². The molecule has 144 valence electrons. The zero-order valence-corrected chi connectivity index (χ0v) is 17.1. The monoisotopic (exact) mass is 351 g/mol. The van der Waals surface area contributed by atoms with Crippen molar-refractivity contribution in [2.24, 2.45) is 11.8 Å². The summed E-state index contributed by atoms with van der Waals surface area (Å²) >= 11 is 0. The molecule has 0 heterocycles. The van der Waals surface area contributed by atoms with Gasteiger partial charge in [0.2, 0.25) is 11.8 Å². The Balaban J connectivity index is 3.21. The molecule has 0 unspecified atom stereocenters. The second-order valence-electron chi connectivity index (χ2n) is 9.46. The first-order valence-electron chi connectivity index (χ1n) is 9.28. The maximum atomic E-state index is 13.3. The van der Waals surface area contributed by atoms with E-state index in [9.17, 15) is 9.59 Å². The molecule has 0 radical (unpaired) electrons. The first-order valence-corrected chi connectivity index (χ1v) is 9.28. The van der Waals surface area contributed by atoms with Gasteiger partial charge in [-0.05, 0) is 66.7 Å². The largest absolute Gasteiger partial charge is 0.349 e. The molecule has 0 spiro atoms. The maximum absolute atomic E-state index is 13.3. The molecule has 1 aliphatic carbocycles. The van der Waals surface area contributed by atoms with Crippen LogP contribution in [0.25, 0.3) is 0 Å². The van der Waals surface area contributed by atoms with E-state index in [1.807, 2.05) is 26.8 Å². The summed E-state index contributed by atoms with van der Waals surface area (Å²) in [5.41, 5.74) is -1.31. The quantitative estimate of drug-likeness (QED) is 0.667. The fourth-order valence-electron chi connectivity index (χ4n) is 3.51. The molecule has 2 amide bonds. The lowest BCUT2D eigenvalue weighted by Crippen LogP contribution is -2.68. The van der Waals surface area contributed by atoms with Crippen LogP contribution in [-0.4, -0.2) is 35.0 Å². The van der Waals surface area contributed by atoms with Crippen molar-refractivity contribution in [2.45, 2.75) is 84.3 Å². The molecule has 25 heavy (non-hydrogen) atoms. The third-order valence-corrected chi connectivity index (χ3v) is 4.67. The number of carbonyl (C=O) groups excluding carboxylic acids is 2. The van der Waals surface area contributed by atoms with Crippen LogP contribution in [0.1, 0.15) is 67.7 Å². The van der Waals surface area contributed by atoms with Gasteiger partial charge in [0, 0.05) is 30.5 Å². The Labute approximate surface area is 153 Å². The van der Waals surface area contributed by atoms with Crippen molar-refractivity contribution < 1.29 is 9.59 Å². The number of amides is 2. The third kappa shape index (κ3) is 6.46. The molecule has 1 saturated carbocycles. The number of nitrogens with one attached hydrogen (secondary N) is 3. The van der Waals surface area contributed by atoms with Crippen molar-refractivity contribution in [1.29, 1.82) is 0 Å².